The Hall–Kier alpha value is -2.07. The molecule has 0 fully saturated rings. The fourth-order valence-corrected chi connectivity index (χ4v) is 1.39. The second-order valence-corrected chi connectivity index (χ2v) is 3.31. The Morgan fingerprint density at radius 1 is 1.50 bits per heavy atom. The molecule has 1 rings (SSSR count). The van der Waals surface area contributed by atoms with Crippen LogP contribution in [0.15, 0.2) is 12.1 Å². The van der Waals surface area contributed by atoms with Crippen molar-refractivity contribution in [1.82, 2.24) is 0 Å². The van der Waals surface area contributed by atoms with Crippen LogP contribution in [-0.2, 0) is 17.5 Å². The number of esters is 1. The number of benzene rings is 1. The van der Waals surface area contributed by atoms with Crippen LogP contribution in [0.25, 0.3) is 0 Å². The number of methoxy groups -OCH3 is 1. The van der Waals surface area contributed by atoms with Gasteiger partial charge in [-0.05, 0) is 17.7 Å². The van der Waals surface area contributed by atoms with Gasteiger partial charge >= 0.3 is 12.1 Å². The van der Waals surface area contributed by atoms with Gasteiger partial charge in [-0.1, -0.05) is 0 Å². The van der Waals surface area contributed by atoms with E-state index in [-0.39, 0.29) is 11.1 Å². The van der Waals surface area contributed by atoms with Gasteiger partial charge in [-0.3, -0.25) is 0 Å². The number of alkyl halides is 3. The summed E-state index contributed by atoms with van der Waals surface area (Å²) in [5, 5.41) is 17.6. The first-order valence-corrected chi connectivity index (χ1v) is 4.68. The second kappa shape index (κ2) is 5.06. The first-order valence-electron chi connectivity index (χ1n) is 4.68. The van der Waals surface area contributed by atoms with Crippen LogP contribution < -0.4 is 0 Å². The molecule has 0 radical (unpaired) electrons. The topological polar surface area (TPSA) is 70.3 Å². The number of hydrogen-bond donors (Lipinski definition) is 1. The van der Waals surface area contributed by atoms with E-state index in [9.17, 15) is 18.0 Å². The summed E-state index contributed by atoms with van der Waals surface area (Å²) in [5.74, 6) is -1.18. The molecule has 18 heavy (non-hydrogen) atoms. The molecule has 0 amide bonds. The van der Waals surface area contributed by atoms with Gasteiger partial charge in [0.2, 0.25) is 0 Å². The maximum Gasteiger partial charge on any atom is 0.417 e. The summed E-state index contributed by atoms with van der Waals surface area (Å²) < 4.78 is 42.4. The highest BCUT2D eigenvalue weighted by Crippen LogP contribution is 2.34. The standard InChI is InChI=1S/C11H8F3NO3/c1-18-10(17)8-2-7(5-16)6(4-15)3-9(8)11(12,13)14/h2-3,16H,5H2,1H3. The molecule has 0 unspecified atom stereocenters. The lowest BCUT2D eigenvalue weighted by Crippen LogP contribution is -2.15. The molecule has 0 aliphatic carbocycles. The van der Waals surface area contributed by atoms with Crippen LogP contribution in [0.1, 0.15) is 27.0 Å². The van der Waals surface area contributed by atoms with Crippen molar-refractivity contribution in [3.05, 3.63) is 34.4 Å². The van der Waals surface area contributed by atoms with Gasteiger partial charge in [-0.15, -0.1) is 0 Å². The van der Waals surface area contributed by atoms with Gasteiger partial charge in [0.05, 0.1) is 36.5 Å². The van der Waals surface area contributed by atoms with E-state index >= 15 is 0 Å². The summed E-state index contributed by atoms with van der Waals surface area (Å²) in [6, 6.07) is 2.87. The predicted octanol–water partition coefficient (Wildman–Crippen LogP) is 1.86. The van der Waals surface area contributed by atoms with E-state index in [1.165, 1.54) is 6.07 Å². The summed E-state index contributed by atoms with van der Waals surface area (Å²) in [6.07, 6.45) is -4.79. The lowest BCUT2D eigenvalue weighted by molar-refractivity contribution is -0.138. The fraction of sp³-hybridized carbons (Fsp3) is 0.273. The van der Waals surface area contributed by atoms with E-state index < -0.39 is 29.9 Å². The summed E-state index contributed by atoms with van der Waals surface area (Å²) in [5.41, 5.74) is -2.39. The Balaban J connectivity index is 3.58. The van der Waals surface area contributed by atoms with Crippen LogP contribution >= 0.6 is 0 Å². The van der Waals surface area contributed by atoms with E-state index in [4.69, 9.17) is 10.4 Å². The summed E-state index contributed by atoms with van der Waals surface area (Å²) in [6.45, 7) is -0.648. The normalized spacial score (nSPS) is 10.9. The highest BCUT2D eigenvalue weighted by molar-refractivity contribution is 5.91. The first-order chi connectivity index (χ1) is 8.35. The molecule has 0 aliphatic rings. The van der Waals surface area contributed by atoms with Crippen LogP contribution in [0.3, 0.4) is 0 Å². The van der Waals surface area contributed by atoms with E-state index in [0.29, 0.717) is 6.07 Å². The van der Waals surface area contributed by atoms with Gasteiger partial charge in [0.1, 0.15) is 0 Å². The molecule has 0 saturated carbocycles. The third-order valence-corrected chi connectivity index (χ3v) is 2.24. The molecule has 0 saturated heterocycles. The Morgan fingerprint density at radius 2 is 2.11 bits per heavy atom. The van der Waals surface area contributed by atoms with Gasteiger partial charge in [0, 0.05) is 0 Å². The van der Waals surface area contributed by atoms with Crippen LogP contribution in [-0.4, -0.2) is 18.2 Å². The molecule has 1 N–H and O–H groups in total. The van der Waals surface area contributed by atoms with Crippen molar-refractivity contribution < 1.29 is 27.8 Å². The maximum absolute atomic E-state index is 12.7. The number of ether oxygens (including phenoxy) is 1. The molecule has 0 aromatic heterocycles. The predicted molar refractivity (Wildman–Crippen MR) is 53.4 cm³/mol. The molecule has 96 valence electrons. The number of hydrogen-bond acceptors (Lipinski definition) is 4. The Bertz CT molecular complexity index is 517. The average molecular weight is 259 g/mol. The third-order valence-electron chi connectivity index (χ3n) is 2.24. The molecule has 0 bridgehead atoms. The fourth-order valence-electron chi connectivity index (χ4n) is 1.39. The number of halogens is 3. The zero-order valence-electron chi connectivity index (χ0n) is 9.21. The number of aliphatic hydroxyl groups is 1. The van der Waals surface area contributed by atoms with Crippen molar-refractivity contribution in [3.8, 4) is 6.07 Å². The molecule has 0 aliphatic heterocycles. The number of nitriles is 1. The van der Waals surface area contributed by atoms with Crippen LogP contribution in [0.5, 0.6) is 0 Å². The minimum atomic E-state index is -4.79. The summed E-state index contributed by atoms with van der Waals surface area (Å²) >= 11 is 0. The van der Waals surface area contributed by atoms with Gasteiger partial charge in [0.25, 0.3) is 0 Å². The number of carbonyl (C=O) groups excluding carboxylic acids is 1. The first kappa shape index (κ1) is 14.0. The molecular formula is C11H8F3NO3. The number of nitrogens with zero attached hydrogens (tertiary/aromatic N) is 1. The smallest absolute Gasteiger partial charge is 0.417 e. The average Bonchev–Trinajstić information content (AvgIpc) is 2.34. The highest BCUT2D eigenvalue weighted by Gasteiger charge is 2.36. The molecule has 7 heteroatoms. The molecule has 0 spiro atoms. The summed E-state index contributed by atoms with van der Waals surface area (Å²) in [4.78, 5) is 11.3. The van der Waals surface area contributed by atoms with Crippen molar-refractivity contribution in [3.63, 3.8) is 0 Å². The molecule has 0 atom stereocenters. The Labute approximate surface area is 100 Å². The van der Waals surface area contributed by atoms with Gasteiger partial charge < -0.3 is 9.84 Å². The minimum Gasteiger partial charge on any atom is -0.465 e. The number of aliphatic hydroxyl groups excluding tert-OH is 1. The lowest BCUT2D eigenvalue weighted by atomic mass is 9.98. The van der Waals surface area contributed by atoms with Crippen molar-refractivity contribution in [2.45, 2.75) is 12.8 Å². The van der Waals surface area contributed by atoms with E-state index in [1.807, 2.05) is 0 Å². The van der Waals surface area contributed by atoms with Gasteiger partial charge in [-0.25, -0.2) is 4.79 Å². The number of carbonyl (C=O) groups is 1. The molecular weight excluding hydrogens is 251 g/mol. The molecule has 0 heterocycles. The zero-order chi connectivity index (χ0) is 13.9. The quantitative estimate of drug-likeness (QED) is 0.823. The van der Waals surface area contributed by atoms with E-state index in [0.717, 1.165) is 13.2 Å². The third kappa shape index (κ3) is 2.60. The van der Waals surface area contributed by atoms with Gasteiger partial charge in [0.15, 0.2) is 0 Å². The zero-order valence-corrected chi connectivity index (χ0v) is 9.21. The largest absolute Gasteiger partial charge is 0.465 e. The Morgan fingerprint density at radius 3 is 2.50 bits per heavy atom. The highest BCUT2D eigenvalue weighted by atomic mass is 19.4. The lowest BCUT2D eigenvalue weighted by Gasteiger charge is -2.13. The molecule has 1 aromatic carbocycles. The second-order valence-electron chi connectivity index (χ2n) is 3.31. The summed E-state index contributed by atoms with van der Waals surface area (Å²) in [7, 11) is 0.944. The van der Waals surface area contributed by atoms with Crippen molar-refractivity contribution in [1.29, 1.82) is 5.26 Å². The van der Waals surface area contributed by atoms with Gasteiger partial charge in [-0.2, -0.15) is 18.4 Å². The van der Waals surface area contributed by atoms with E-state index in [1.54, 1.807) is 0 Å². The van der Waals surface area contributed by atoms with Crippen LogP contribution in [0.4, 0.5) is 13.2 Å². The van der Waals surface area contributed by atoms with Crippen LogP contribution in [0.2, 0.25) is 0 Å². The van der Waals surface area contributed by atoms with Crippen molar-refractivity contribution >= 4 is 5.97 Å². The molecule has 1 aromatic rings. The van der Waals surface area contributed by atoms with E-state index in [2.05, 4.69) is 4.74 Å². The maximum atomic E-state index is 12.7. The minimum absolute atomic E-state index is 0.0640. The van der Waals surface area contributed by atoms with Crippen LogP contribution in [0, 0.1) is 11.3 Å². The van der Waals surface area contributed by atoms with Crippen molar-refractivity contribution in [2.75, 3.05) is 7.11 Å². The monoisotopic (exact) mass is 259 g/mol. The SMILES string of the molecule is COC(=O)c1cc(CO)c(C#N)cc1C(F)(F)F. The van der Waals surface area contributed by atoms with Crippen molar-refractivity contribution in [2.24, 2.45) is 0 Å². The Kier molecular flexibility index (Phi) is 3.93. The number of rotatable bonds is 2. The molecule has 4 nitrogen and oxygen atoms in total.